The number of hydrogen-bond donors (Lipinski definition) is 1. The molecule has 0 radical (unpaired) electrons. The maximum Gasteiger partial charge on any atom is 0.295 e. The number of Topliss-reactive ketones (excluding diaryl/α,β-unsaturated/α-hetero) is 1. The molecule has 1 N–H and O–H groups in total. The van der Waals surface area contributed by atoms with Crippen LogP contribution >= 0.6 is 0 Å². The van der Waals surface area contributed by atoms with Crippen LogP contribution in [0.2, 0.25) is 0 Å². The van der Waals surface area contributed by atoms with Crippen molar-refractivity contribution in [2.75, 3.05) is 39.3 Å². The summed E-state index contributed by atoms with van der Waals surface area (Å²) >= 11 is 0. The molecule has 3 rings (SSSR count). The monoisotopic (exact) mass is 494 g/mol. The van der Waals surface area contributed by atoms with Crippen molar-refractivity contribution >= 4 is 23.1 Å². The lowest BCUT2D eigenvalue weighted by Gasteiger charge is -2.26. The Bertz CT molecular complexity index is 1140. The van der Waals surface area contributed by atoms with Gasteiger partial charge in [-0.3, -0.25) is 9.59 Å². The van der Waals surface area contributed by atoms with Crippen molar-refractivity contribution < 1.29 is 24.2 Å². The number of methoxy groups -OCH3 is 1. The van der Waals surface area contributed by atoms with E-state index in [1.165, 1.54) is 12.0 Å². The summed E-state index contributed by atoms with van der Waals surface area (Å²) in [4.78, 5) is 30.0. The first kappa shape index (κ1) is 27.3. The van der Waals surface area contributed by atoms with Crippen LogP contribution in [0, 0.1) is 0 Å². The minimum Gasteiger partial charge on any atom is -0.507 e. The van der Waals surface area contributed by atoms with E-state index in [2.05, 4.69) is 20.8 Å². The second-order valence-corrected chi connectivity index (χ2v) is 10.6. The van der Waals surface area contributed by atoms with Crippen molar-refractivity contribution in [1.82, 2.24) is 4.90 Å². The fraction of sp³-hybridized carbons (Fsp3) is 0.448. The smallest absolute Gasteiger partial charge is 0.295 e. The summed E-state index contributed by atoms with van der Waals surface area (Å²) in [6, 6.07) is 12.4. The van der Waals surface area contributed by atoms with E-state index in [0.29, 0.717) is 11.3 Å². The standard InChI is InChI=1S/C29H38N2O5/c1-18(2)36-16-15-31-25(19-9-12-21(13-10-19)30(6)7)24(27(33)28(31)34)26(32)22-17-20(29(3,4)5)11-14-23(22)35-8/h9-14,17-18,25,32H,15-16H2,1-8H3/b26-24+. The number of ketones is 1. The summed E-state index contributed by atoms with van der Waals surface area (Å²) in [7, 11) is 5.40. The zero-order valence-corrected chi connectivity index (χ0v) is 22.6. The Morgan fingerprint density at radius 2 is 1.72 bits per heavy atom. The number of aliphatic hydroxyl groups is 1. The molecule has 1 amide bonds. The molecule has 1 heterocycles. The molecule has 0 bridgehead atoms. The minimum absolute atomic E-state index is 0.0101. The summed E-state index contributed by atoms with van der Waals surface area (Å²) in [5, 5.41) is 11.6. The van der Waals surface area contributed by atoms with Crippen LogP contribution in [0.3, 0.4) is 0 Å². The molecule has 1 atom stereocenters. The lowest BCUT2D eigenvalue weighted by atomic mass is 9.85. The van der Waals surface area contributed by atoms with Crippen molar-refractivity contribution in [1.29, 1.82) is 0 Å². The van der Waals surface area contributed by atoms with Gasteiger partial charge in [0.15, 0.2) is 0 Å². The fourth-order valence-corrected chi connectivity index (χ4v) is 4.30. The van der Waals surface area contributed by atoms with Gasteiger partial charge >= 0.3 is 0 Å². The number of rotatable bonds is 8. The number of amides is 1. The topological polar surface area (TPSA) is 79.3 Å². The molecule has 1 fully saturated rings. The third kappa shape index (κ3) is 5.57. The van der Waals surface area contributed by atoms with Gasteiger partial charge in [-0.05, 0) is 54.7 Å². The van der Waals surface area contributed by atoms with Gasteiger partial charge in [-0.25, -0.2) is 0 Å². The first-order valence-electron chi connectivity index (χ1n) is 12.2. The van der Waals surface area contributed by atoms with Crippen LogP contribution in [0.5, 0.6) is 5.75 Å². The van der Waals surface area contributed by atoms with Gasteiger partial charge in [0.1, 0.15) is 11.5 Å². The number of carbonyl (C=O) groups is 2. The normalized spacial score (nSPS) is 17.7. The van der Waals surface area contributed by atoms with E-state index in [1.54, 1.807) is 6.07 Å². The molecule has 0 saturated carbocycles. The average molecular weight is 495 g/mol. The molecule has 36 heavy (non-hydrogen) atoms. The summed E-state index contributed by atoms with van der Waals surface area (Å²) in [5.41, 5.74) is 2.93. The zero-order chi connectivity index (χ0) is 26.8. The molecule has 7 heteroatoms. The van der Waals surface area contributed by atoms with Crippen molar-refractivity contribution in [2.24, 2.45) is 0 Å². The largest absolute Gasteiger partial charge is 0.507 e. The van der Waals surface area contributed by atoms with Gasteiger partial charge in [-0.15, -0.1) is 0 Å². The SMILES string of the molecule is COc1ccc(C(C)(C)C)cc1/C(O)=C1\C(=O)C(=O)N(CCOC(C)C)C1c1ccc(N(C)C)cc1. The Balaban J connectivity index is 2.20. The summed E-state index contributed by atoms with van der Waals surface area (Å²) in [6.45, 7) is 10.5. The zero-order valence-electron chi connectivity index (χ0n) is 22.6. The molecule has 1 unspecified atom stereocenters. The van der Waals surface area contributed by atoms with E-state index in [1.807, 2.05) is 69.2 Å². The molecular weight excluding hydrogens is 456 g/mol. The van der Waals surface area contributed by atoms with E-state index < -0.39 is 17.7 Å². The third-order valence-corrected chi connectivity index (χ3v) is 6.37. The van der Waals surface area contributed by atoms with Crippen LogP contribution in [0.25, 0.3) is 5.76 Å². The Labute approximate surface area is 214 Å². The Morgan fingerprint density at radius 1 is 1.08 bits per heavy atom. The van der Waals surface area contributed by atoms with E-state index in [-0.39, 0.29) is 36.0 Å². The van der Waals surface area contributed by atoms with Gasteiger partial charge in [-0.2, -0.15) is 0 Å². The summed E-state index contributed by atoms with van der Waals surface area (Å²) in [5.74, 6) is -1.19. The maximum absolute atomic E-state index is 13.4. The summed E-state index contributed by atoms with van der Waals surface area (Å²) < 4.78 is 11.2. The van der Waals surface area contributed by atoms with Crippen LogP contribution in [-0.4, -0.2) is 62.2 Å². The van der Waals surface area contributed by atoms with Crippen LogP contribution in [0.1, 0.15) is 57.4 Å². The van der Waals surface area contributed by atoms with Gasteiger partial charge in [0.2, 0.25) is 0 Å². The molecule has 2 aromatic rings. The minimum atomic E-state index is -0.750. The highest BCUT2D eigenvalue weighted by atomic mass is 16.5. The second-order valence-electron chi connectivity index (χ2n) is 10.6. The number of nitrogens with zero attached hydrogens (tertiary/aromatic N) is 2. The number of aliphatic hydroxyl groups excluding tert-OH is 1. The Kier molecular flexibility index (Phi) is 8.14. The average Bonchev–Trinajstić information content (AvgIpc) is 3.07. The molecule has 7 nitrogen and oxygen atoms in total. The van der Waals surface area contributed by atoms with Gasteiger partial charge < -0.3 is 24.4 Å². The number of carbonyl (C=O) groups excluding carboxylic acids is 2. The van der Waals surface area contributed by atoms with Crippen molar-refractivity contribution in [2.45, 2.75) is 52.2 Å². The predicted molar refractivity (Wildman–Crippen MR) is 143 cm³/mol. The highest BCUT2D eigenvalue weighted by molar-refractivity contribution is 6.46. The van der Waals surface area contributed by atoms with E-state index >= 15 is 0 Å². The quantitative estimate of drug-likeness (QED) is 0.319. The Morgan fingerprint density at radius 3 is 2.25 bits per heavy atom. The first-order chi connectivity index (χ1) is 16.9. The van der Waals surface area contributed by atoms with Gasteiger partial charge in [0, 0.05) is 26.3 Å². The number of ether oxygens (including phenoxy) is 2. The van der Waals surface area contributed by atoms with Crippen molar-refractivity contribution in [3.8, 4) is 5.75 Å². The number of likely N-dealkylation sites (tertiary alicyclic amines) is 1. The van der Waals surface area contributed by atoms with E-state index in [4.69, 9.17) is 9.47 Å². The van der Waals surface area contributed by atoms with E-state index in [0.717, 1.165) is 16.8 Å². The van der Waals surface area contributed by atoms with Crippen LogP contribution in [0.15, 0.2) is 48.0 Å². The fourth-order valence-electron chi connectivity index (χ4n) is 4.30. The highest BCUT2D eigenvalue weighted by Crippen LogP contribution is 2.42. The Hall–Kier alpha value is -3.32. The maximum atomic E-state index is 13.4. The molecule has 2 aromatic carbocycles. The lowest BCUT2D eigenvalue weighted by molar-refractivity contribution is -0.140. The van der Waals surface area contributed by atoms with Gasteiger partial charge in [0.25, 0.3) is 11.7 Å². The predicted octanol–water partition coefficient (Wildman–Crippen LogP) is 4.91. The molecule has 1 saturated heterocycles. The molecule has 1 aliphatic heterocycles. The van der Waals surface area contributed by atoms with Crippen LogP contribution in [0.4, 0.5) is 5.69 Å². The first-order valence-corrected chi connectivity index (χ1v) is 12.2. The second kappa shape index (κ2) is 10.7. The number of anilines is 1. The van der Waals surface area contributed by atoms with Crippen LogP contribution in [-0.2, 0) is 19.7 Å². The highest BCUT2D eigenvalue weighted by Gasteiger charge is 2.46. The molecule has 194 valence electrons. The molecular formula is C29H38N2O5. The van der Waals surface area contributed by atoms with Crippen LogP contribution < -0.4 is 9.64 Å². The molecule has 0 spiro atoms. The van der Waals surface area contributed by atoms with E-state index in [9.17, 15) is 14.7 Å². The number of hydrogen-bond acceptors (Lipinski definition) is 6. The van der Waals surface area contributed by atoms with Gasteiger partial charge in [0.05, 0.1) is 37.0 Å². The van der Waals surface area contributed by atoms with Crippen molar-refractivity contribution in [3.63, 3.8) is 0 Å². The van der Waals surface area contributed by atoms with Crippen molar-refractivity contribution in [3.05, 3.63) is 64.7 Å². The number of benzene rings is 2. The molecule has 0 aromatic heterocycles. The lowest BCUT2D eigenvalue weighted by Crippen LogP contribution is -2.33. The molecule has 0 aliphatic carbocycles. The van der Waals surface area contributed by atoms with Gasteiger partial charge in [-0.1, -0.05) is 39.0 Å². The summed E-state index contributed by atoms with van der Waals surface area (Å²) in [6.07, 6.45) is -0.0101. The molecule has 1 aliphatic rings. The third-order valence-electron chi connectivity index (χ3n) is 6.37.